The maximum Gasteiger partial charge on any atom is 0.0108 e. The van der Waals surface area contributed by atoms with Crippen LogP contribution in [-0.4, -0.2) is 11.0 Å². The molecule has 3 heteroatoms. The largest absolute Gasteiger partial charge is 0.130 e. The molecule has 0 amide bonds. The number of aryl methyl sites for hydroxylation is 2. The number of aromatic nitrogens is 1. The Hall–Kier alpha value is -1.11. The smallest absolute Gasteiger partial charge is 0.0108 e. The fourth-order valence-corrected chi connectivity index (χ4v) is 8.47. The van der Waals surface area contributed by atoms with E-state index in [1.165, 1.54) is 40.8 Å². The van der Waals surface area contributed by atoms with Gasteiger partial charge in [-0.2, -0.15) is 0 Å². The zero-order valence-electron chi connectivity index (χ0n) is 16.2. The fourth-order valence-electron chi connectivity index (χ4n) is 3.83. The van der Waals surface area contributed by atoms with Crippen LogP contribution in [-0.2, 0) is 23.2 Å². The minimum Gasteiger partial charge on any atom is -0.130 e. The molecule has 0 fully saturated rings. The third-order valence-electron chi connectivity index (χ3n) is 5.48. The van der Waals surface area contributed by atoms with Gasteiger partial charge in [-0.3, -0.25) is 0 Å². The van der Waals surface area contributed by atoms with Crippen LogP contribution in [0.25, 0.3) is 11.8 Å². The van der Waals surface area contributed by atoms with Crippen molar-refractivity contribution in [2.75, 3.05) is 6.38 Å². The van der Waals surface area contributed by atoms with Crippen LogP contribution in [0, 0.1) is 13.8 Å². The summed E-state index contributed by atoms with van der Waals surface area (Å²) in [6, 6.07) is 8.86. The summed E-state index contributed by atoms with van der Waals surface area (Å²) < 4.78 is 4.74. The zero-order valence-corrected chi connectivity index (χ0v) is 19.4. The van der Waals surface area contributed by atoms with E-state index in [-0.39, 0.29) is 0 Å². The maximum absolute atomic E-state index is 4.64. The molecule has 1 nitrogen and oxygen atoms in total. The molecule has 2 aliphatic rings. The summed E-state index contributed by atoms with van der Waals surface area (Å²) in [5, 5.41) is 0. The molecule has 1 heterocycles. The number of nitrogens with zero attached hydrogens (tertiary/aromatic N) is 1. The molecular weight excluding hydrogens is 417 g/mol. The second-order valence-corrected chi connectivity index (χ2v) is 10.6. The number of hydrogen-bond acceptors (Lipinski definition) is 0. The molecule has 0 N–H and O–H groups in total. The van der Waals surface area contributed by atoms with Crippen LogP contribution in [0.4, 0.5) is 0 Å². The molecular formula is C23H26ClNZr. The van der Waals surface area contributed by atoms with Crippen molar-refractivity contribution in [3.63, 3.8) is 0 Å². The van der Waals surface area contributed by atoms with Gasteiger partial charge in [-0.1, -0.05) is 0 Å². The van der Waals surface area contributed by atoms with E-state index in [0.29, 0.717) is 3.63 Å². The van der Waals surface area contributed by atoms with Gasteiger partial charge in [0.15, 0.2) is 0 Å². The van der Waals surface area contributed by atoms with E-state index in [9.17, 15) is 0 Å². The quantitative estimate of drug-likeness (QED) is 0.465. The Morgan fingerprint density at radius 2 is 1.65 bits per heavy atom. The van der Waals surface area contributed by atoms with Gasteiger partial charge in [0.25, 0.3) is 0 Å². The molecule has 2 aliphatic carbocycles. The second-order valence-electron chi connectivity index (χ2n) is 6.96. The SMILES string of the molecule is CC1=CC[C]([Zr][CH]2C(n3cccc3)=Cc3c(C)ccc(C)c32)=C1C.CCl. The fraction of sp³-hybridized carbons (Fsp3) is 0.304. The molecule has 0 spiro atoms. The minimum atomic E-state index is -0.733. The summed E-state index contributed by atoms with van der Waals surface area (Å²) in [6.45, 7) is 9.13. The van der Waals surface area contributed by atoms with Crippen molar-refractivity contribution < 1.29 is 23.2 Å². The number of fused-ring (bicyclic) bond motifs is 1. The van der Waals surface area contributed by atoms with Crippen molar-refractivity contribution in [2.24, 2.45) is 0 Å². The van der Waals surface area contributed by atoms with Crippen LogP contribution < -0.4 is 0 Å². The maximum atomic E-state index is 4.64. The average Bonchev–Trinajstić information content (AvgIpc) is 3.36. The first-order chi connectivity index (χ1) is 12.6. The number of hydrogen-bond donors (Lipinski definition) is 0. The summed E-state index contributed by atoms with van der Waals surface area (Å²) in [4.78, 5) is 0. The molecule has 0 aliphatic heterocycles. The van der Waals surface area contributed by atoms with Crippen LogP contribution >= 0.6 is 11.6 Å². The third kappa shape index (κ3) is 3.51. The molecule has 2 aromatic rings. The van der Waals surface area contributed by atoms with E-state index in [1.54, 1.807) is 14.4 Å². The Morgan fingerprint density at radius 1 is 1.00 bits per heavy atom. The Labute approximate surface area is 174 Å². The summed E-state index contributed by atoms with van der Waals surface area (Å²) in [5.74, 6) is 0. The third-order valence-corrected chi connectivity index (χ3v) is 9.90. The first-order valence-corrected chi connectivity index (χ1v) is 12.4. The Balaban J connectivity index is 0.000000948. The molecule has 4 rings (SSSR count). The molecule has 0 saturated heterocycles. The van der Waals surface area contributed by atoms with Crippen LogP contribution in [0.15, 0.2) is 57.2 Å². The summed E-state index contributed by atoms with van der Waals surface area (Å²) in [6.07, 6.45) is 11.9. The molecule has 26 heavy (non-hydrogen) atoms. The van der Waals surface area contributed by atoms with E-state index in [2.05, 4.69) is 92.7 Å². The number of benzene rings is 1. The van der Waals surface area contributed by atoms with Crippen LogP contribution in [0.3, 0.4) is 0 Å². The van der Waals surface area contributed by atoms with Gasteiger partial charge in [-0.05, 0) is 0 Å². The number of alkyl halides is 1. The van der Waals surface area contributed by atoms with Gasteiger partial charge < -0.3 is 0 Å². The normalized spacial score (nSPS) is 18.2. The summed E-state index contributed by atoms with van der Waals surface area (Å²) in [7, 11) is 0. The number of halogens is 1. The van der Waals surface area contributed by atoms with Crippen molar-refractivity contribution in [3.05, 3.63) is 79.4 Å². The van der Waals surface area contributed by atoms with Gasteiger partial charge in [-0.15, -0.1) is 11.6 Å². The standard InChI is InChI=1S/C15H14N.C7H9.CH3Cl.Zr/c1-11-5-6-12(2)15-10-13(9-14(11)15)16-7-3-4-8-16;1-6-4-3-5-7(6)2;1-2;/h3-10H,1-2H3;4H,3H2,1-2H3;1H3;. The topological polar surface area (TPSA) is 4.93 Å². The van der Waals surface area contributed by atoms with Crippen LogP contribution in [0.1, 0.15) is 46.1 Å². The average molecular weight is 443 g/mol. The molecule has 0 bridgehead atoms. The molecule has 1 aromatic heterocycles. The van der Waals surface area contributed by atoms with Gasteiger partial charge in [-0.25, -0.2) is 0 Å². The van der Waals surface area contributed by atoms with Gasteiger partial charge in [0.2, 0.25) is 0 Å². The summed E-state index contributed by atoms with van der Waals surface area (Å²) >= 11 is 3.91. The molecule has 1 unspecified atom stereocenters. The first-order valence-electron chi connectivity index (χ1n) is 9.02. The van der Waals surface area contributed by atoms with Gasteiger partial charge >= 0.3 is 157 Å². The monoisotopic (exact) mass is 441 g/mol. The van der Waals surface area contributed by atoms with E-state index in [1.807, 2.05) is 0 Å². The van der Waals surface area contributed by atoms with Crippen molar-refractivity contribution in [2.45, 2.75) is 37.7 Å². The molecule has 134 valence electrons. The first kappa shape index (κ1) is 19.6. The minimum absolute atomic E-state index is 0.625. The Bertz CT molecular complexity index is 901. The van der Waals surface area contributed by atoms with Crippen molar-refractivity contribution in [1.82, 2.24) is 4.57 Å². The second kappa shape index (κ2) is 8.28. The van der Waals surface area contributed by atoms with E-state index >= 15 is 0 Å². The van der Waals surface area contributed by atoms with E-state index < -0.39 is 23.2 Å². The van der Waals surface area contributed by atoms with Gasteiger partial charge in [0.1, 0.15) is 0 Å². The van der Waals surface area contributed by atoms with Crippen molar-refractivity contribution >= 4 is 23.4 Å². The number of allylic oxidation sites excluding steroid dienone is 5. The van der Waals surface area contributed by atoms with Crippen LogP contribution in [0.2, 0.25) is 0 Å². The predicted molar refractivity (Wildman–Crippen MR) is 110 cm³/mol. The predicted octanol–water partition coefficient (Wildman–Crippen LogP) is 6.72. The van der Waals surface area contributed by atoms with Gasteiger partial charge in [0.05, 0.1) is 0 Å². The number of rotatable bonds is 3. The van der Waals surface area contributed by atoms with Gasteiger partial charge in [0, 0.05) is 6.38 Å². The van der Waals surface area contributed by atoms with E-state index in [4.69, 9.17) is 0 Å². The van der Waals surface area contributed by atoms with Crippen LogP contribution in [0.5, 0.6) is 0 Å². The Kier molecular flexibility index (Phi) is 6.26. The molecule has 0 radical (unpaired) electrons. The zero-order chi connectivity index (χ0) is 18.8. The van der Waals surface area contributed by atoms with Crippen molar-refractivity contribution in [1.29, 1.82) is 0 Å². The van der Waals surface area contributed by atoms with E-state index in [0.717, 1.165) is 0 Å². The molecule has 1 atom stereocenters. The molecule has 0 saturated carbocycles. The molecule has 1 aromatic carbocycles. The Morgan fingerprint density at radius 3 is 2.27 bits per heavy atom. The van der Waals surface area contributed by atoms with Crippen molar-refractivity contribution in [3.8, 4) is 0 Å². The summed E-state index contributed by atoms with van der Waals surface area (Å²) in [5.41, 5.74) is 10.5.